The van der Waals surface area contributed by atoms with Crippen molar-refractivity contribution in [3.8, 4) is 5.75 Å². The molecule has 0 aliphatic heterocycles. The zero-order chi connectivity index (χ0) is 22.7. The SMILES string of the molecule is CN(C)S(=O)(=O)c1ccc2oc(COc3ccc(C(=O)NCc4ccco4)cc3)cc2c1. The third-order valence-corrected chi connectivity index (χ3v) is 6.63. The third kappa shape index (κ3) is 4.68. The van der Waals surface area contributed by atoms with Crippen LogP contribution in [0.2, 0.25) is 0 Å². The molecule has 0 bridgehead atoms. The molecule has 4 rings (SSSR count). The van der Waals surface area contributed by atoms with Crippen LogP contribution in [0.25, 0.3) is 11.0 Å². The molecule has 0 spiro atoms. The minimum absolute atomic E-state index is 0.161. The Morgan fingerprint density at radius 3 is 2.50 bits per heavy atom. The number of nitrogens with zero attached hydrogens (tertiary/aromatic N) is 1. The van der Waals surface area contributed by atoms with E-state index in [4.69, 9.17) is 13.6 Å². The predicted octanol–water partition coefficient (Wildman–Crippen LogP) is 3.79. The molecule has 0 atom stereocenters. The van der Waals surface area contributed by atoms with E-state index in [0.717, 1.165) is 0 Å². The van der Waals surface area contributed by atoms with Gasteiger partial charge in [-0.3, -0.25) is 4.79 Å². The molecule has 0 fully saturated rings. The molecule has 0 unspecified atom stereocenters. The molecule has 0 aliphatic rings. The second-order valence-corrected chi connectivity index (χ2v) is 9.43. The Bertz CT molecular complexity index is 1320. The fourth-order valence-corrected chi connectivity index (χ4v) is 4.00. The number of carbonyl (C=O) groups excluding carboxylic acids is 1. The van der Waals surface area contributed by atoms with Crippen LogP contribution in [0.5, 0.6) is 5.75 Å². The highest BCUT2D eigenvalue weighted by Crippen LogP contribution is 2.25. The average molecular weight is 455 g/mol. The predicted molar refractivity (Wildman–Crippen MR) is 118 cm³/mol. The number of carbonyl (C=O) groups is 1. The molecule has 1 N–H and O–H groups in total. The summed E-state index contributed by atoms with van der Waals surface area (Å²) >= 11 is 0. The molecule has 0 aliphatic carbocycles. The number of furan rings is 2. The number of benzene rings is 2. The first-order chi connectivity index (χ1) is 15.3. The number of nitrogens with one attached hydrogen (secondary N) is 1. The second kappa shape index (κ2) is 8.89. The maximum absolute atomic E-state index is 12.3. The Balaban J connectivity index is 1.38. The molecule has 2 aromatic carbocycles. The van der Waals surface area contributed by atoms with E-state index in [1.807, 2.05) is 0 Å². The van der Waals surface area contributed by atoms with E-state index in [9.17, 15) is 13.2 Å². The summed E-state index contributed by atoms with van der Waals surface area (Å²) in [7, 11) is -0.544. The van der Waals surface area contributed by atoms with Gasteiger partial charge in [0.1, 0.15) is 29.5 Å². The Labute approximate surface area is 185 Å². The minimum atomic E-state index is -3.52. The summed E-state index contributed by atoms with van der Waals surface area (Å²) in [5.74, 6) is 1.59. The minimum Gasteiger partial charge on any atom is -0.486 e. The van der Waals surface area contributed by atoms with Crippen molar-refractivity contribution in [1.82, 2.24) is 9.62 Å². The maximum Gasteiger partial charge on any atom is 0.251 e. The smallest absolute Gasteiger partial charge is 0.251 e. The van der Waals surface area contributed by atoms with E-state index in [-0.39, 0.29) is 17.4 Å². The van der Waals surface area contributed by atoms with Crippen LogP contribution in [-0.2, 0) is 23.2 Å². The van der Waals surface area contributed by atoms with Gasteiger partial charge >= 0.3 is 0 Å². The summed E-state index contributed by atoms with van der Waals surface area (Å²) in [5.41, 5.74) is 1.08. The normalized spacial score (nSPS) is 11.7. The van der Waals surface area contributed by atoms with E-state index in [1.165, 1.54) is 24.5 Å². The van der Waals surface area contributed by atoms with E-state index in [2.05, 4.69) is 5.32 Å². The first-order valence-electron chi connectivity index (χ1n) is 9.81. The molecule has 8 nitrogen and oxygen atoms in total. The average Bonchev–Trinajstić information content (AvgIpc) is 3.45. The summed E-state index contributed by atoms with van der Waals surface area (Å²) in [6, 6.07) is 16.8. The second-order valence-electron chi connectivity index (χ2n) is 7.27. The Morgan fingerprint density at radius 2 is 1.81 bits per heavy atom. The van der Waals surface area contributed by atoms with Crippen molar-refractivity contribution in [2.24, 2.45) is 0 Å². The van der Waals surface area contributed by atoms with Gasteiger partial charge in [-0.15, -0.1) is 0 Å². The molecular weight excluding hydrogens is 432 g/mol. The van der Waals surface area contributed by atoms with E-state index in [0.29, 0.717) is 40.3 Å². The van der Waals surface area contributed by atoms with Crippen molar-refractivity contribution in [2.45, 2.75) is 18.0 Å². The lowest BCUT2D eigenvalue weighted by atomic mass is 10.2. The Kier molecular flexibility index (Phi) is 6.02. The molecule has 166 valence electrons. The topological polar surface area (TPSA) is 102 Å². The molecule has 0 saturated heterocycles. The molecule has 9 heteroatoms. The fraction of sp³-hybridized carbons (Fsp3) is 0.174. The molecule has 2 aromatic heterocycles. The highest BCUT2D eigenvalue weighted by molar-refractivity contribution is 7.89. The van der Waals surface area contributed by atoms with Crippen LogP contribution >= 0.6 is 0 Å². The maximum atomic E-state index is 12.3. The van der Waals surface area contributed by atoms with Crippen LogP contribution in [0.4, 0.5) is 0 Å². The summed E-state index contributed by atoms with van der Waals surface area (Å²) in [4.78, 5) is 12.4. The van der Waals surface area contributed by atoms with Crippen LogP contribution in [0.15, 0.2) is 80.7 Å². The number of hydrogen-bond donors (Lipinski definition) is 1. The first kappa shape index (κ1) is 21.7. The molecular formula is C23H22N2O6S. The van der Waals surface area contributed by atoms with Gasteiger partial charge in [-0.1, -0.05) is 0 Å². The number of ether oxygens (including phenoxy) is 1. The van der Waals surface area contributed by atoms with Crippen LogP contribution in [0.3, 0.4) is 0 Å². The van der Waals surface area contributed by atoms with Crippen LogP contribution < -0.4 is 10.1 Å². The van der Waals surface area contributed by atoms with Gasteiger partial charge in [0, 0.05) is 25.0 Å². The molecule has 4 aromatic rings. The molecule has 2 heterocycles. The molecule has 1 amide bonds. The van der Waals surface area contributed by atoms with E-state index >= 15 is 0 Å². The third-order valence-electron chi connectivity index (χ3n) is 4.82. The lowest BCUT2D eigenvalue weighted by Crippen LogP contribution is -2.22. The number of hydrogen-bond acceptors (Lipinski definition) is 6. The van der Waals surface area contributed by atoms with Gasteiger partial charge < -0.3 is 18.9 Å². The van der Waals surface area contributed by atoms with Gasteiger partial charge in [-0.25, -0.2) is 12.7 Å². The zero-order valence-corrected chi connectivity index (χ0v) is 18.4. The van der Waals surface area contributed by atoms with E-state index < -0.39 is 10.0 Å². The zero-order valence-electron chi connectivity index (χ0n) is 17.6. The highest BCUT2D eigenvalue weighted by Gasteiger charge is 2.18. The van der Waals surface area contributed by atoms with E-state index in [1.54, 1.807) is 60.9 Å². The Hall–Kier alpha value is -3.56. The van der Waals surface area contributed by atoms with Gasteiger partial charge in [-0.2, -0.15) is 0 Å². The van der Waals surface area contributed by atoms with Crippen molar-refractivity contribution in [1.29, 1.82) is 0 Å². The lowest BCUT2D eigenvalue weighted by Gasteiger charge is -2.10. The molecule has 0 saturated carbocycles. The van der Waals surface area contributed by atoms with Crippen molar-refractivity contribution in [3.63, 3.8) is 0 Å². The quantitative estimate of drug-likeness (QED) is 0.435. The van der Waals surface area contributed by atoms with Gasteiger partial charge in [0.25, 0.3) is 5.91 Å². The monoisotopic (exact) mass is 454 g/mol. The van der Waals surface area contributed by atoms with Crippen LogP contribution in [0.1, 0.15) is 21.9 Å². The van der Waals surface area contributed by atoms with Gasteiger partial charge in [0.2, 0.25) is 10.0 Å². The van der Waals surface area contributed by atoms with Gasteiger partial charge in [0.15, 0.2) is 0 Å². The van der Waals surface area contributed by atoms with Crippen molar-refractivity contribution < 1.29 is 26.8 Å². The lowest BCUT2D eigenvalue weighted by molar-refractivity contribution is 0.0948. The van der Waals surface area contributed by atoms with Gasteiger partial charge in [-0.05, 0) is 60.7 Å². The number of rotatable bonds is 8. The number of amides is 1. The Morgan fingerprint density at radius 1 is 1.03 bits per heavy atom. The summed E-state index contributed by atoms with van der Waals surface area (Å²) in [6.07, 6.45) is 1.56. The highest BCUT2D eigenvalue weighted by atomic mass is 32.2. The summed E-state index contributed by atoms with van der Waals surface area (Å²) < 4.78 is 42.5. The standard InChI is InChI=1S/C23H22N2O6S/c1-25(2)32(27,28)21-9-10-22-17(13-21)12-20(31-22)15-30-18-7-5-16(6-8-18)23(26)24-14-19-4-3-11-29-19/h3-13H,14-15H2,1-2H3,(H,24,26). The number of sulfonamides is 1. The van der Waals surface area contributed by atoms with Crippen molar-refractivity contribution >= 4 is 26.9 Å². The fourth-order valence-electron chi connectivity index (χ4n) is 3.06. The molecule has 32 heavy (non-hydrogen) atoms. The molecule has 0 radical (unpaired) electrons. The number of fused-ring (bicyclic) bond motifs is 1. The van der Waals surface area contributed by atoms with Gasteiger partial charge in [0.05, 0.1) is 17.7 Å². The largest absolute Gasteiger partial charge is 0.486 e. The van der Waals surface area contributed by atoms with Crippen molar-refractivity contribution in [3.05, 3.63) is 84.0 Å². The summed E-state index contributed by atoms with van der Waals surface area (Å²) in [5, 5.41) is 3.46. The van der Waals surface area contributed by atoms with Crippen molar-refractivity contribution in [2.75, 3.05) is 14.1 Å². The van der Waals surface area contributed by atoms with Crippen LogP contribution in [0, 0.1) is 0 Å². The first-order valence-corrected chi connectivity index (χ1v) is 11.3. The van der Waals surface area contributed by atoms with Crippen LogP contribution in [-0.4, -0.2) is 32.7 Å². The summed E-state index contributed by atoms with van der Waals surface area (Å²) in [6.45, 7) is 0.474.